The van der Waals surface area contributed by atoms with E-state index >= 15 is 0 Å². The van der Waals surface area contributed by atoms with Gasteiger partial charge in [0.2, 0.25) is 0 Å². The molecule has 4 rings (SSSR count). The summed E-state index contributed by atoms with van der Waals surface area (Å²) in [5, 5.41) is 8.69. The molecule has 0 aliphatic heterocycles. The summed E-state index contributed by atoms with van der Waals surface area (Å²) in [7, 11) is 1.86. The van der Waals surface area contributed by atoms with Crippen LogP contribution in [0.4, 0.5) is 10.1 Å². The molecule has 0 aliphatic carbocycles. The van der Waals surface area contributed by atoms with E-state index in [-0.39, 0.29) is 5.82 Å². The minimum atomic E-state index is -0.234. The van der Waals surface area contributed by atoms with Gasteiger partial charge in [-0.15, -0.1) is 0 Å². The van der Waals surface area contributed by atoms with Gasteiger partial charge in [0, 0.05) is 18.0 Å². The molecule has 1 N–H and O–H groups in total. The number of nitrogens with zero attached hydrogens (tertiary/aromatic N) is 3. The molecule has 0 radical (unpaired) electrons. The quantitative estimate of drug-likeness (QED) is 0.585. The van der Waals surface area contributed by atoms with E-state index in [2.05, 4.69) is 27.5 Å². The molecule has 0 aliphatic rings. The van der Waals surface area contributed by atoms with E-state index in [1.165, 1.54) is 6.07 Å². The van der Waals surface area contributed by atoms with E-state index in [1.807, 2.05) is 55.3 Å². The van der Waals surface area contributed by atoms with Crippen molar-refractivity contribution in [2.75, 3.05) is 12.4 Å². The van der Waals surface area contributed by atoms with Gasteiger partial charge in [0.25, 0.3) is 0 Å². The smallest absolute Gasteiger partial charge is 0.158 e. The van der Waals surface area contributed by atoms with Crippen molar-refractivity contribution in [2.45, 2.75) is 13.5 Å². The zero-order chi connectivity index (χ0) is 18.1. The number of hydrogen-bond acceptors (Lipinski definition) is 3. The lowest BCUT2D eigenvalue weighted by molar-refractivity contribution is 0.627. The number of hydrogen-bond donors (Lipinski definition) is 1. The van der Waals surface area contributed by atoms with Gasteiger partial charge < -0.3 is 5.32 Å². The highest BCUT2D eigenvalue weighted by Crippen LogP contribution is 2.36. The number of benzene rings is 2. The van der Waals surface area contributed by atoms with E-state index in [0.717, 1.165) is 39.0 Å². The van der Waals surface area contributed by atoms with Crippen LogP contribution in [0.25, 0.3) is 22.2 Å². The second kappa shape index (κ2) is 6.59. The van der Waals surface area contributed by atoms with Crippen LogP contribution in [0, 0.1) is 12.7 Å². The van der Waals surface area contributed by atoms with Crippen LogP contribution in [0.5, 0.6) is 0 Å². The van der Waals surface area contributed by atoms with Crippen LogP contribution in [0.3, 0.4) is 0 Å². The van der Waals surface area contributed by atoms with Crippen molar-refractivity contribution in [1.29, 1.82) is 0 Å². The van der Waals surface area contributed by atoms with E-state index in [4.69, 9.17) is 0 Å². The Balaban J connectivity index is 1.89. The Morgan fingerprint density at radius 1 is 1.08 bits per heavy atom. The van der Waals surface area contributed by atoms with Crippen LogP contribution in [-0.2, 0) is 6.54 Å². The lowest BCUT2D eigenvalue weighted by Gasteiger charge is -2.13. The molecule has 5 heteroatoms. The summed E-state index contributed by atoms with van der Waals surface area (Å²) in [4.78, 5) is 4.61. The number of fused-ring (bicyclic) bond motifs is 1. The van der Waals surface area contributed by atoms with Gasteiger partial charge in [0.15, 0.2) is 5.65 Å². The third kappa shape index (κ3) is 2.81. The third-order valence-corrected chi connectivity index (χ3v) is 4.57. The zero-order valence-corrected chi connectivity index (χ0v) is 14.7. The first-order valence-corrected chi connectivity index (χ1v) is 8.50. The number of pyridine rings is 1. The summed E-state index contributed by atoms with van der Waals surface area (Å²) in [6.45, 7) is 2.57. The molecule has 2 aromatic carbocycles. The highest BCUT2D eigenvalue weighted by atomic mass is 19.1. The number of nitrogens with one attached hydrogen (secondary N) is 1. The lowest BCUT2D eigenvalue weighted by Crippen LogP contribution is -2.03. The van der Waals surface area contributed by atoms with E-state index in [0.29, 0.717) is 6.54 Å². The molecular formula is C21H19FN4. The molecule has 0 unspecified atom stereocenters. The lowest BCUT2D eigenvalue weighted by atomic mass is 9.97. The Morgan fingerprint density at radius 3 is 2.62 bits per heavy atom. The first kappa shape index (κ1) is 16.3. The second-order valence-corrected chi connectivity index (χ2v) is 6.28. The van der Waals surface area contributed by atoms with Gasteiger partial charge in [-0.2, -0.15) is 5.10 Å². The summed E-state index contributed by atoms with van der Waals surface area (Å²) < 4.78 is 15.5. The number of halogens is 1. The second-order valence-electron chi connectivity index (χ2n) is 6.28. The predicted octanol–water partition coefficient (Wildman–Crippen LogP) is 4.64. The molecule has 0 saturated heterocycles. The van der Waals surface area contributed by atoms with Crippen LogP contribution < -0.4 is 5.32 Å². The van der Waals surface area contributed by atoms with Crippen molar-refractivity contribution in [3.63, 3.8) is 0 Å². The monoisotopic (exact) mass is 346 g/mol. The molecule has 0 amide bonds. The average molecular weight is 346 g/mol. The Labute approximate surface area is 151 Å². The van der Waals surface area contributed by atoms with Crippen molar-refractivity contribution in [1.82, 2.24) is 14.8 Å². The van der Waals surface area contributed by atoms with Gasteiger partial charge in [-0.1, -0.05) is 36.4 Å². The molecule has 0 fully saturated rings. The fourth-order valence-corrected chi connectivity index (χ4v) is 3.29. The zero-order valence-electron chi connectivity index (χ0n) is 14.7. The normalized spacial score (nSPS) is 11.0. The fourth-order valence-electron chi connectivity index (χ4n) is 3.29. The molecular weight excluding hydrogens is 327 g/mol. The van der Waals surface area contributed by atoms with Crippen LogP contribution in [0.2, 0.25) is 0 Å². The molecule has 4 aromatic rings. The van der Waals surface area contributed by atoms with E-state index in [9.17, 15) is 4.39 Å². The highest BCUT2D eigenvalue weighted by Gasteiger charge is 2.16. The molecule has 4 nitrogen and oxygen atoms in total. The first-order valence-electron chi connectivity index (χ1n) is 8.50. The topological polar surface area (TPSA) is 42.7 Å². The van der Waals surface area contributed by atoms with Gasteiger partial charge >= 0.3 is 0 Å². The SMILES string of the molecule is CNc1cnc2c(cnn2Cc2ccccc2)c1-c1ccc(F)cc1C. The maximum atomic E-state index is 13.6. The minimum absolute atomic E-state index is 0.234. The molecule has 0 spiro atoms. The predicted molar refractivity (Wildman–Crippen MR) is 103 cm³/mol. The molecule has 0 bridgehead atoms. The fraction of sp³-hybridized carbons (Fsp3) is 0.143. The van der Waals surface area contributed by atoms with Crippen LogP contribution >= 0.6 is 0 Å². The molecule has 130 valence electrons. The third-order valence-electron chi connectivity index (χ3n) is 4.57. The standard InChI is InChI=1S/C21H19FN4/c1-14-10-16(22)8-9-17(14)20-18-11-25-26(13-15-6-4-3-5-7-15)21(18)24-12-19(20)23-2/h3-12,23H,13H2,1-2H3. The Bertz CT molecular complexity index is 1070. The van der Waals surface area contributed by atoms with Crippen molar-refractivity contribution >= 4 is 16.7 Å². The van der Waals surface area contributed by atoms with Crippen LogP contribution in [-0.4, -0.2) is 21.8 Å². The van der Waals surface area contributed by atoms with Crippen molar-refractivity contribution in [3.05, 3.63) is 77.9 Å². The van der Waals surface area contributed by atoms with E-state index < -0.39 is 0 Å². The maximum absolute atomic E-state index is 13.6. The number of aryl methyl sites for hydroxylation is 1. The maximum Gasteiger partial charge on any atom is 0.158 e. The van der Waals surface area contributed by atoms with Crippen molar-refractivity contribution in [2.24, 2.45) is 0 Å². The average Bonchev–Trinajstić information content (AvgIpc) is 3.05. The number of anilines is 1. The van der Waals surface area contributed by atoms with Gasteiger partial charge in [0.1, 0.15) is 5.82 Å². The molecule has 2 heterocycles. The summed E-state index contributed by atoms with van der Waals surface area (Å²) in [5.74, 6) is -0.234. The first-order chi connectivity index (χ1) is 12.7. The van der Waals surface area contributed by atoms with Gasteiger partial charge in [-0.3, -0.25) is 0 Å². The number of aromatic nitrogens is 3. The molecule has 0 saturated carbocycles. The Kier molecular flexibility index (Phi) is 4.13. The highest BCUT2D eigenvalue weighted by molar-refractivity contribution is 6.00. The Hall–Kier alpha value is -3.21. The summed E-state index contributed by atoms with van der Waals surface area (Å²) in [6, 6.07) is 15.0. The van der Waals surface area contributed by atoms with Crippen LogP contribution in [0.1, 0.15) is 11.1 Å². The largest absolute Gasteiger partial charge is 0.386 e. The Morgan fingerprint density at radius 2 is 1.88 bits per heavy atom. The minimum Gasteiger partial charge on any atom is -0.386 e. The summed E-state index contributed by atoms with van der Waals surface area (Å²) in [5.41, 5.74) is 5.72. The van der Waals surface area contributed by atoms with Gasteiger partial charge in [-0.25, -0.2) is 14.1 Å². The van der Waals surface area contributed by atoms with Crippen LogP contribution in [0.15, 0.2) is 60.9 Å². The van der Waals surface area contributed by atoms with Gasteiger partial charge in [0.05, 0.1) is 24.6 Å². The van der Waals surface area contributed by atoms with E-state index in [1.54, 1.807) is 6.07 Å². The number of rotatable bonds is 4. The molecule has 2 aromatic heterocycles. The summed E-state index contributed by atoms with van der Waals surface area (Å²) >= 11 is 0. The van der Waals surface area contributed by atoms with Gasteiger partial charge in [-0.05, 0) is 35.7 Å². The van der Waals surface area contributed by atoms with Crippen molar-refractivity contribution in [3.8, 4) is 11.1 Å². The van der Waals surface area contributed by atoms with Crippen molar-refractivity contribution < 1.29 is 4.39 Å². The molecule has 0 atom stereocenters. The summed E-state index contributed by atoms with van der Waals surface area (Å²) in [6.07, 6.45) is 3.65. The molecule has 26 heavy (non-hydrogen) atoms.